The van der Waals surface area contributed by atoms with Crippen LogP contribution in [0.2, 0.25) is 0 Å². The maximum absolute atomic E-state index is 12.2. The highest BCUT2D eigenvalue weighted by Crippen LogP contribution is 2.44. The van der Waals surface area contributed by atoms with Crippen molar-refractivity contribution in [2.75, 3.05) is 18.0 Å². The van der Waals surface area contributed by atoms with E-state index in [1.165, 1.54) is 0 Å². The van der Waals surface area contributed by atoms with Crippen molar-refractivity contribution >= 4 is 22.6 Å². The first-order valence-corrected chi connectivity index (χ1v) is 11.6. The monoisotopic (exact) mass is 442 g/mol. The number of carboxylic acid groups (broad SMARTS) is 1. The van der Waals surface area contributed by atoms with Crippen LogP contribution in [0.4, 0.5) is 5.69 Å². The zero-order chi connectivity index (χ0) is 23.7. The first-order chi connectivity index (χ1) is 15.9. The molecule has 0 atom stereocenters. The van der Waals surface area contributed by atoms with Gasteiger partial charge in [0.2, 0.25) is 0 Å². The fourth-order valence-electron chi connectivity index (χ4n) is 4.91. The summed E-state index contributed by atoms with van der Waals surface area (Å²) in [6.07, 6.45) is 1.46. The zero-order valence-corrected chi connectivity index (χ0v) is 19.7. The van der Waals surface area contributed by atoms with Crippen LogP contribution in [0.5, 0.6) is 0 Å². The summed E-state index contributed by atoms with van der Waals surface area (Å²) in [5.41, 5.74) is 6.47. The van der Waals surface area contributed by atoms with Gasteiger partial charge in [0.1, 0.15) is 11.3 Å². The van der Waals surface area contributed by atoms with E-state index in [-0.39, 0.29) is 5.56 Å². The first kappa shape index (κ1) is 22.6. The van der Waals surface area contributed by atoms with Crippen LogP contribution in [-0.2, 0) is 12.8 Å². The molecule has 0 bridgehead atoms. The van der Waals surface area contributed by atoms with Crippen LogP contribution in [0.25, 0.3) is 33.4 Å². The molecule has 2 aliphatic rings. The van der Waals surface area contributed by atoms with Crippen LogP contribution in [0.15, 0.2) is 52.9 Å². The molecule has 170 valence electrons. The number of carbonyl (C=O) groups is 1. The molecule has 5 heteroatoms. The van der Waals surface area contributed by atoms with Gasteiger partial charge in [0.15, 0.2) is 0 Å². The third kappa shape index (κ3) is 3.78. The lowest BCUT2D eigenvalue weighted by Crippen LogP contribution is -2.21. The molecule has 2 N–H and O–H groups in total. The first-order valence-electron chi connectivity index (χ1n) is 11.6. The zero-order valence-electron chi connectivity index (χ0n) is 19.7. The predicted molar refractivity (Wildman–Crippen MR) is 133 cm³/mol. The molecule has 0 amide bonds. The molecule has 0 aromatic heterocycles. The van der Waals surface area contributed by atoms with Crippen molar-refractivity contribution in [1.82, 2.24) is 0 Å². The van der Waals surface area contributed by atoms with Crippen molar-refractivity contribution in [2.24, 2.45) is 0 Å². The number of aromatic carboxylic acids is 1. The van der Waals surface area contributed by atoms with Crippen LogP contribution >= 0.6 is 0 Å². The molecule has 0 unspecified atom stereocenters. The van der Waals surface area contributed by atoms with E-state index < -0.39 is 5.97 Å². The second kappa shape index (κ2) is 9.10. The van der Waals surface area contributed by atoms with Gasteiger partial charge in [-0.3, -0.25) is 0 Å². The average Bonchev–Trinajstić information content (AvgIpc) is 2.82. The molecule has 0 fully saturated rings. The van der Waals surface area contributed by atoms with E-state index in [1.54, 1.807) is 18.2 Å². The van der Waals surface area contributed by atoms with Gasteiger partial charge in [0, 0.05) is 47.4 Å². The van der Waals surface area contributed by atoms with Gasteiger partial charge in [-0.1, -0.05) is 32.0 Å². The van der Waals surface area contributed by atoms with Crippen molar-refractivity contribution in [3.63, 3.8) is 0 Å². The number of carboxylic acids is 1. The molecule has 1 aliphatic carbocycles. The molecule has 1 heterocycles. The fraction of sp³-hybridized carbons (Fsp3) is 0.286. The Morgan fingerprint density at radius 3 is 2.27 bits per heavy atom. The Morgan fingerprint density at radius 1 is 0.939 bits per heavy atom. The largest absolute Gasteiger partial charge is 0.478 e. The summed E-state index contributed by atoms with van der Waals surface area (Å²) in [6, 6.07) is 15.1. The van der Waals surface area contributed by atoms with Gasteiger partial charge in [-0.15, -0.1) is 0 Å². The lowest BCUT2D eigenvalue weighted by Gasteiger charge is -2.24. The topological polar surface area (TPSA) is 77.5 Å². The van der Waals surface area contributed by atoms with Crippen LogP contribution in [0, 0.1) is 5.41 Å². The van der Waals surface area contributed by atoms with Crippen molar-refractivity contribution in [3.8, 4) is 22.5 Å². The maximum Gasteiger partial charge on any atom is 0.336 e. The molecule has 2 aromatic carbocycles. The van der Waals surface area contributed by atoms with Crippen LogP contribution in [0.1, 0.15) is 49.2 Å². The van der Waals surface area contributed by atoms with Crippen LogP contribution < -0.4 is 10.3 Å². The van der Waals surface area contributed by atoms with E-state index in [2.05, 4.69) is 38.7 Å². The summed E-state index contributed by atoms with van der Waals surface area (Å²) in [5, 5.41) is 19.9. The predicted octanol–water partition coefficient (Wildman–Crippen LogP) is 6.35. The Balaban J connectivity index is 2.22. The van der Waals surface area contributed by atoms with Crippen molar-refractivity contribution in [1.29, 1.82) is 5.41 Å². The fourth-order valence-corrected chi connectivity index (χ4v) is 4.91. The lowest BCUT2D eigenvalue weighted by atomic mass is 9.85. The molecule has 4 rings (SSSR count). The highest BCUT2D eigenvalue weighted by Gasteiger charge is 2.25. The van der Waals surface area contributed by atoms with Gasteiger partial charge >= 0.3 is 5.97 Å². The lowest BCUT2D eigenvalue weighted by molar-refractivity contribution is 0.0697. The van der Waals surface area contributed by atoms with Gasteiger partial charge in [-0.25, -0.2) is 4.79 Å². The van der Waals surface area contributed by atoms with Gasteiger partial charge in [0.05, 0.1) is 10.9 Å². The molecular formula is C28H30N2O3. The minimum atomic E-state index is -0.960. The van der Waals surface area contributed by atoms with Gasteiger partial charge < -0.3 is 19.8 Å². The quantitative estimate of drug-likeness (QED) is 0.327. The minimum Gasteiger partial charge on any atom is -0.478 e. The highest BCUT2D eigenvalue weighted by atomic mass is 16.4. The summed E-state index contributed by atoms with van der Waals surface area (Å²) in [7, 11) is 0. The molecular weight excluding hydrogens is 412 g/mol. The SMILES string of the molecule is CCc1c2c(-c3ccccc3C(=O)O)c3ccc(N(CC)CC)cc3oc-2cc(=N)c1CC. The van der Waals surface area contributed by atoms with Gasteiger partial charge in [-0.05, 0) is 61.6 Å². The number of fused-ring (bicyclic) bond motifs is 2. The summed E-state index contributed by atoms with van der Waals surface area (Å²) in [6.45, 7) is 10.1. The summed E-state index contributed by atoms with van der Waals surface area (Å²) >= 11 is 0. The van der Waals surface area contributed by atoms with Gasteiger partial charge in [-0.2, -0.15) is 0 Å². The molecule has 0 saturated carbocycles. The van der Waals surface area contributed by atoms with Gasteiger partial charge in [0.25, 0.3) is 0 Å². The van der Waals surface area contributed by atoms with E-state index in [0.717, 1.165) is 59.3 Å². The number of hydrogen-bond donors (Lipinski definition) is 2. The van der Waals surface area contributed by atoms with E-state index in [0.29, 0.717) is 22.3 Å². The number of nitrogens with zero attached hydrogens (tertiary/aromatic N) is 1. The van der Waals surface area contributed by atoms with E-state index in [4.69, 9.17) is 9.83 Å². The maximum atomic E-state index is 12.2. The Kier molecular flexibility index (Phi) is 6.23. The van der Waals surface area contributed by atoms with Crippen molar-refractivity contribution < 1.29 is 14.3 Å². The number of hydrogen-bond acceptors (Lipinski definition) is 4. The Morgan fingerprint density at radius 2 is 1.64 bits per heavy atom. The highest BCUT2D eigenvalue weighted by molar-refractivity contribution is 6.08. The third-order valence-corrected chi connectivity index (χ3v) is 6.48. The smallest absolute Gasteiger partial charge is 0.336 e. The second-order valence-electron chi connectivity index (χ2n) is 8.14. The van der Waals surface area contributed by atoms with Crippen molar-refractivity contribution in [2.45, 2.75) is 40.5 Å². The van der Waals surface area contributed by atoms with Crippen LogP contribution in [-0.4, -0.2) is 24.2 Å². The molecule has 5 nitrogen and oxygen atoms in total. The second-order valence-corrected chi connectivity index (χ2v) is 8.14. The van der Waals surface area contributed by atoms with Crippen molar-refractivity contribution in [3.05, 3.63) is 70.6 Å². The third-order valence-electron chi connectivity index (χ3n) is 6.48. The Hall–Kier alpha value is -3.60. The average molecular weight is 443 g/mol. The molecule has 0 spiro atoms. The van der Waals surface area contributed by atoms with Crippen LogP contribution in [0.3, 0.4) is 0 Å². The summed E-state index contributed by atoms with van der Waals surface area (Å²) in [4.78, 5) is 14.4. The minimum absolute atomic E-state index is 0.258. The van der Waals surface area contributed by atoms with E-state index >= 15 is 0 Å². The summed E-state index contributed by atoms with van der Waals surface area (Å²) in [5.74, 6) is -0.341. The molecule has 33 heavy (non-hydrogen) atoms. The standard InChI is InChI=1S/C28H30N2O3/c1-5-18-19(6-2)27-25(16-23(18)29)33-24-15-17(30(7-3)8-4)13-14-22(24)26(27)20-11-9-10-12-21(20)28(31)32/h9-16,29H,5-8H2,1-4H3,(H,31,32). The number of anilines is 1. The molecule has 1 aliphatic heterocycles. The van der Waals surface area contributed by atoms with E-state index in [1.807, 2.05) is 24.3 Å². The normalized spacial score (nSPS) is 11.3. The number of nitrogens with one attached hydrogen (secondary N) is 1. The Bertz CT molecular complexity index is 1370. The summed E-state index contributed by atoms with van der Waals surface area (Å²) < 4.78 is 6.42. The number of rotatable bonds is 7. The molecule has 0 saturated heterocycles. The molecule has 2 aromatic rings. The van der Waals surface area contributed by atoms with E-state index in [9.17, 15) is 9.90 Å². The Labute approximate surface area is 194 Å². The number of benzene rings is 3. The molecule has 0 radical (unpaired) electrons.